The van der Waals surface area contributed by atoms with Crippen LogP contribution in [0.5, 0.6) is 0 Å². The Kier molecular flexibility index (Phi) is 11.3. The van der Waals surface area contributed by atoms with Crippen LogP contribution in [-0.4, -0.2) is 50.5 Å². The van der Waals surface area contributed by atoms with E-state index in [-0.39, 0.29) is 24.3 Å². The lowest BCUT2D eigenvalue weighted by atomic mass is 10.0. The number of carbonyl (C=O) groups excluding carboxylic acids is 2. The second-order valence-corrected chi connectivity index (χ2v) is 12.5. The van der Waals surface area contributed by atoms with Gasteiger partial charge in [-0.3, -0.25) is 13.9 Å². The lowest BCUT2D eigenvalue weighted by Crippen LogP contribution is -2.52. The number of hydrogen-bond acceptors (Lipinski definition) is 4. The summed E-state index contributed by atoms with van der Waals surface area (Å²) in [5.74, 6) is -0.526. The maximum absolute atomic E-state index is 13.8. The molecule has 0 aliphatic rings. The zero-order valence-electron chi connectivity index (χ0n) is 22.3. The molecule has 7 nitrogen and oxygen atoms in total. The number of para-hydroxylation sites is 1. The molecule has 0 radical (unpaired) electrons. The Hall–Kier alpha value is -2.29. The van der Waals surface area contributed by atoms with Crippen LogP contribution in [0.1, 0.15) is 58.1 Å². The standard InChI is InChI=1S/C27H37Cl2N3O4S/c1-7-24(27(34)30-15-18(2)3)31(16-20-12-13-22(28)23(29)14-20)26(33)17-32(37(6,35)36)25-11-9-8-10-21(25)19(4)5/h8-14,18-19,24H,7,15-17H2,1-6H3,(H,30,34). The van der Waals surface area contributed by atoms with Crippen molar-refractivity contribution in [1.29, 1.82) is 0 Å². The van der Waals surface area contributed by atoms with Crippen LogP contribution < -0.4 is 9.62 Å². The molecule has 0 saturated heterocycles. The van der Waals surface area contributed by atoms with Crippen LogP contribution in [0.3, 0.4) is 0 Å². The molecule has 0 aliphatic heterocycles. The van der Waals surface area contributed by atoms with Gasteiger partial charge in [-0.05, 0) is 47.6 Å². The van der Waals surface area contributed by atoms with E-state index >= 15 is 0 Å². The highest BCUT2D eigenvalue weighted by molar-refractivity contribution is 7.92. The first-order valence-electron chi connectivity index (χ1n) is 12.3. The number of nitrogens with one attached hydrogen (secondary N) is 1. The highest BCUT2D eigenvalue weighted by Crippen LogP contribution is 2.30. The van der Waals surface area contributed by atoms with E-state index in [4.69, 9.17) is 23.2 Å². The van der Waals surface area contributed by atoms with E-state index < -0.39 is 28.5 Å². The van der Waals surface area contributed by atoms with Gasteiger partial charge in [0.2, 0.25) is 21.8 Å². The average molecular weight is 571 g/mol. The minimum Gasteiger partial charge on any atom is -0.354 e. The number of rotatable bonds is 12. The molecule has 204 valence electrons. The Bertz CT molecular complexity index is 1200. The minimum absolute atomic E-state index is 0.0352. The molecule has 2 aromatic carbocycles. The smallest absolute Gasteiger partial charge is 0.244 e. The third kappa shape index (κ3) is 8.62. The van der Waals surface area contributed by atoms with Gasteiger partial charge in [0, 0.05) is 13.1 Å². The summed E-state index contributed by atoms with van der Waals surface area (Å²) in [7, 11) is -3.82. The topological polar surface area (TPSA) is 86.8 Å². The number of amides is 2. The van der Waals surface area contributed by atoms with Crippen molar-refractivity contribution in [2.24, 2.45) is 5.92 Å². The summed E-state index contributed by atoms with van der Waals surface area (Å²) >= 11 is 12.3. The number of nitrogens with zero attached hydrogens (tertiary/aromatic N) is 2. The molecular weight excluding hydrogens is 533 g/mol. The summed E-state index contributed by atoms with van der Waals surface area (Å²) in [5.41, 5.74) is 1.92. The van der Waals surface area contributed by atoms with E-state index in [0.29, 0.717) is 34.3 Å². The van der Waals surface area contributed by atoms with Gasteiger partial charge in [-0.1, -0.05) is 82.1 Å². The van der Waals surface area contributed by atoms with Gasteiger partial charge in [-0.15, -0.1) is 0 Å². The largest absolute Gasteiger partial charge is 0.354 e. The van der Waals surface area contributed by atoms with Gasteiger partial charge in [0.15, 0.2) is 0 Å². The molecule has 0 bridgehead atoms. The highest BCUT2D eigenvalue weighted by Gasteiger charge is 2.32. The number of benzene rings is 2. The number of carbonyl (C=O) groups is 2. The van der Waals surface area contributed by atoms with E-state index in [2.05, 4.69) is 5.32 Å². The van der Waals surface area contributed by atoms with E-state index in [9.17, 15) is 18.0 Å². The lowest BCUT2D eigenvalue weighted by molar-refractivity contribution is -0.140. The first-order chi connectivity index (χ1) is 17.3. The zero-order valence-corrected chi connectivity index (χ0v) is 24.6. The van der Waals surface area contributed by atoms with Crippen molar-refractivity contribution in [2.75, 3.05) is 23.7 Å². The predicted octanol–water partition coefficient (Wildman–Crippen LogP) is 5.46. The normalized spacial score (nSPS) is 12.5. The molecule has 0 fully saturated rings. The molecule has 2 aromatic rings. The Labute approximate surface area is 231 Å². The van der Waals surface area contributed by atoms with Crippen LogP contribution in [0.2, 0.25) is 10.0 Å². The molecule has 0 aromatic heterocycles. The summed E-state index contributed by atoms with van der Waals surface area (Å²) < 4.78 is 26.9. The molecule has 1 atom stereocenters. The maximum atomic E-state index is 13.8. The van der Waals surface area contributed by atoms with Crippen LogP contribution in [0, 0.1) is 5.92 Å². The van der Waals surface area contributed by atoms with Gasteiger partial charge < -0.3 is 10.2 Å². The SMILES string of the molecule is CCC(C(=O)NCC(C)C)N(Cc1ccc(Cl)c(Cl)c1)C(=O)CN(c1ccccc1C(C)C)S(C)(=O)=O. The molecule has 0 heterocycles. The molecule has 37 heavy (non-hydrogen) atoms. The molecular formula is C27H37Cl2N3O4S. The van der Waals surface area contributed by atoms with Crippen LogP contribution in [0.15, 0.2) is 42.5 Å². The Balaban J connectivity index is 2.51. The van der Waals surface area contributed by atoms with Gasteiger partial charge in [-0.25, -0.2) is 8.42 Å². The first-order valence-corrected chi connectivity index (χ1v) is 14.9. The number of sulfonamides is 1. The van der Waals surface area contributed by atoms with Crippen LogP contribution in [-0.2, 0) is 26.2 Å². The molecule has 1 N–H and O–H groups in total. The van der Waals surface area contributed by atoms with Crippen molar-refractivity contribution >= 4 is 50.7 Å². The van der Waals surface area contributed by atoms with Crippen LogP contribution >= 0.6 is 23.2 Å². The van der Waals surface area contributed by atoms with Crippen LogP contribution in [0.25, 0.3) is 0 Å². The Morgan fingerprint density at radius 2 is 1.65 bits per heavy atom. The number of hydrogen-bond donors (Lipinski definition) is 1. The molecule has 0 saturated carbocycles. The molecule has 10 heteroatoms. The number of anilines is 1. The maximum Gasteiger partial charge on any atom is 0.244 e. The molecule has 0 aliphatic carbocycles. The quantitative estimate of drug-likeness (QED) is 0.367. The van der Waals surface area contributed by atoms with E-state index in [1.807, 2.05) is 46.8 Å². The first kappa shape index (κ1) is 30.9. The van der Waals surface area contributed by atoms with Gasteiger partial charge in [0.25, 0.3) is 0 Å². The Morgan fingerprint density at radius 1 is 1.00 bits per heavy atom. The van der Waals surface area contributed by atoms with Crippen LogP contribution in [0.4, 0.5) is 5.69 Å². The fourth-order valence-electron chi connectivity index (χ4n) is 3.97. The van der Waals surface area contributed by atoms with Crippen molar-refractivity contribution < 1.29 is 18.0 Å². The summed E-state index contributed by atoms with van der Waals surface area (Å²) in [6.07, 6.45) is 1.42. The van der Waals surface area contributed by atoms with Crippen molar-refractivity contribution in [1.82, 2.24) is 10.2 Å². The predicted molar refractivity (Wildman–Crippen MR) is 152 cm³/mol. The molecule has 0 spiro atoms. The minimum atomic E-state index is -3.82. The van der Waals surface area contributed by atoms with E-state index in [0.717, 1.165) is 16.1 Å². The summed E-state index contributed by atoms with van der Waals surface area (Å²) in [6, 6.07) is 11.3. The average Bonchev–Trinajstić information content (AvgIpc) is 2.82. The van der Waals surface area contributed by atoms with E-state index in [1.165, 1.54) is 4.90 Å². The van der Waals surface area contributed by atoms with Gasteiger partial charge in [-0.2, -0.15) is 0 Å². The van der Waals surface area contributed by atoms with Gasteiger partial charge >= 0.3 is 0 Å². The lowest BCUT2D eigenvalue weighted by Gasteiger charge is -2.33. The van der Waals surface area contributed by atoms with Crippen molar-refractivity contribution in [3.05, 3.63) is 63.6 Å². The summed E-state index contributed by atoms with van der Waals surface area (Å²) in [6.45, 7) is 9.78. The number of halogens is 2. The molecule has 2 rings (SSSR count). The van der Waals surface area contributed by atoms with Crippen molar-refractivity contribution in [2.45, 2.75) is 59.5 Å². The van der Waals surface area contributed by atoms with Gasteiger partial charge in [0.05, 0.1) is 22.0 Å². The second-order valence-electron chi connectivity index (χ2n) is 9.82. The fraction of sp³-hybridized carbons (Fsp3) is 0.481. The summed E-state index contributed by atoms with van der Waals surface area (Å²) in [5, 5.41) is 3.60. The van der Waals surface area contributed by atoms with E-state index in [1.54, 1.807) is 30.3 Å². The summed E-state index contributed by atoms with van der Waals surface area (Å²) in [4.78, 5) is 28.4. The third-order valence-corrected chi connectivity index (χ3v) is 7.78. The highest BCUT2D eigenvalue weighted by atomic mass is 35.5. The second kappa shape index (κ2) is 13.5. The zero-order chi connectivity index (χ0) is 27.9. The van der Waals surface area contributed by atoms with Gasteiger partial charge in [0.1, 0.15) is 12.6 Å². The van der Waals surface area contributed by atoms with Crippen molar-refractivity contribution in [3.63, 3.8) is 0 Å². The Morgan fingerprint density at radius 3 is 2.19 bits per heavy atom. The monoisotopic (exact) mass is 569 g/mol. The molecule has 1 unspecified atom stereocenters. The fourth-order valence-corrected chi connectivity index (χ4v) is 5.16. The third-order valence-electron chi connectivity index (χ3n) is 5.91. The van der Waals surface area contributed by atoms with Crippen molar-refractivity contribution in [3.8, 4) is 0 Å². The molecule has 2 amide bonds.